The van der Waals surface area contributed by atoms with Gasteiger partial charge >= 0.3 is 0 Å². The van der Waals surface area contributed by atoms with Gasteiger partial charge in [0.2, 0.25) is 5.91 Å². The third-order valence-corrected chi connectivity index (χ3v) is 5.80. The zero-order valence-corrected chi connectivity index (χ0v) is 13.9. The zero-order chi connectivity index (χ0) is 15.6. The maximum absolute atomic E-state index is 12.5. The average molecular weight is 298 g/mol. The molecular formula is C16H30N2O3. The molecule has 2 rings (SSSR count). The Hall–Kier alpha value is -0.650. The topological polar surface area (TPSA) is 59.6 Å². The molecule has 2 fully saturated rings. The molecule has 0 aromatic carbocycles. The first-order valence-corrected chi connectivity index (χ1v) is 8.13. The average Bonchev–Trinajstić information content (AvgIpc) is 2.98. The fraction of sp³-hybridized carbons (Fsp3) is 0.938. The van der Waals surface area contributed by atoms with Crippen LogP contribution in [0, 0.1) is 11.3 Å². The van der Waals surface area contributed by atoms with Crippen molar-refractivity contribution in [1.82, 2.24) is 10.6 Å². The summed E-state index contributed by atoms with van der Waals surface area (Å²) in [4.78, 5) is 12.5. The van der Waals surface area contributed by atoms with Gasteiger partial charge in [0.05, 0.1) is 18.2 Å². The van der Waals surface area contributed by atoms with Crippen molar-refractivity contribution < 1.29 is 14.3 Å². The lowest BCUT2D eigenvalue weighted by Crippen LogP contribution is -2.70. The first kappa shape index (κ1) is 16.7. The van der Waals surface area contributed by atoms with E-state index in [-0.39, 0.29) is 35.6 Å². The van der Waals surface area contributed by atoms with Crippen molar-refractivity contribution in [2.75, 3.05) is 20.8 Å². The van der Waals surface area contributed by atoms with Crippen molar-refractivity contribution in [2.24, 2.45) is 11.3 Å². The highest BCUT2D eigenvalue weighted by molar-refractivity contribution is 5.82. The summed E-state index contributed by atoms with van der Waals surface area (Å²) < 4.78 is 11.0. The van der Waals surface area contributed by atoms with Crippen LogP contribution in [-0.4, -0.2) is 51.0 Å². The summed E-state index contributed by atoms with van der Waals surface area (Å²) in [6.07, 6.45) is 3.18. The molecule has 0 spiro atoms. The van der Waals surface area contributed by atoms with Crippen LogP contribution < -0.4 is 10.6 Å². The monoisotopic (exact) mass is 298 g/mol. The molecule has 0 bridgehead atoms. The van der Waals surface area contributed by atoms with Gasteiger partial charge in [-0.2, -0.15) is 0 Å². The molecule has 1 saturated heterocycles. The number of methoxy groups -OCH3 is 2. The Labute approximate surface area is 128 Å². The van der Waals surface area contributed by atoms with Crippen LogP contribution in [0.25, 0.3) is 0 Å². The van der Waals surface area contributed by atoms with Gasteiger partial charge in [-0.1, -0.05) is 20.8 Å². The summed E-state index contributed by atoms with van der Waals surface area (Å²) in [6.45, 7) is 7.30. The predicted molar refractivity (Wildman–Crippen MR) is 82.1 cm³/mol. The van der Waals surface area contributed by atoms with Crippen LogP contribution in [-0.2, 0) is 14.3 Å². The number of amides is 1. The molecule has 0 radical (unpaired) electrons. The second kappa shape index (κ2) is 6.63. The first-order chi connectivity index (χ1) is 10.0. The van der Waals surface area contributed by atoms with E-state index in [0.29, 0.717) is 5.92 Å². The molecule has 1 heterocycles. The van der Waals surface area contributed by atoms with Gasteiger partial charge in [-0.25, -0.2) is 0 Å². The molecule has 5 heteroatoms. The van der Waals surface area contributed by atoms with Crippen LogP contribution in [0.3, 0.4) is 0 Å². The van der Waals surface area contributed by atoms with E-state index in [0.717, 1.165) is 25.8 Å². The molecule has 0 aromatic rings. The van der Waals surface area contributed by atoms with Crippen LogP contribution in [0.1, 0.15) is 40.0 Å². The Bertz CT molecular complexity index is 371. The van der Waals surface area contributed by atoms with Gasteiger partial charge in [0.15, 0.2) is 0 Å². The Morgan fingerprint density at radius 2 is 1.95 bits per heavy atom. The van der Waals surface area contributed by atoms with Gasteiger partial charge < -0.3 is 20.1 Å². The molecule has 5 atom stereocenters. The van der Waals surface area contributed by atoms with Crippen molar-refractivity contribution in [2.45, 2.75) is 64.3 Å². The number of rotatable bonds is 6. The molecule has 2 aliphatic rings. The summed E-state index contributed by atoms with van der Waals surface area (Å²) in [7, 11) is 3.48. The van der Waals surface area contributed by atoms with Gasteiger partial charge in [-0.3, -0.25) is 4.79 Å². The van der Waals surface area contributed by atoms with E-state index in [9.17, 15) is 4.79 Å². The summed E-state index contributed by atoms with van der Waals surface area (Å²) in [5.41, 5.74) is 0.0725. The van der Waals surface area contributed by atoms with Gasteiger partial charge in [0.25, 0.3) is 0 Å². The SMILES string of the molecule is CCC1(CC)[C@H](NC(=O)[C@H]2C[C@H](OC)CN2)[C@@H](C)[C@H]1OC. The second-order valence-electron chi connectivity index (χ2n) is 6.50. The van der Waals surface area contributed by atoms with Crippen molar-refractivity contribution >= 4 is 5.91 Å². The maximum atomic E-state index is 12.5. The summed E-state index contributed by atoms with van der Waals surface area (Å²) in [6, 6.07) is 0.0727. The number of carbonyl (C=O) groups is 1. The van der Waals surface area contributed by atoms with E-state index in [1.165, 1.54) is 0 Å². The third-order valence-electron chi connectivity index (χ3n) is 5.80. The van der Waals surface area contributed by atoms with E-state index in [1.54, 1.807) is 14.2 Å². The summed E-state index contributed by atoms with van der Waals surface area (Å²) in [5, 5.41) is 6.52. The summed E-state index contributed by atoms with van der Waals surface area (Å²) >= 11 is 0. The van der Waals surface area contributed by atoms with Crippen LogP contribution in [0.4, 0.5) is 0 Å². The first-order valence-electron chi connectivity index (χ1n) is 8.13. The van der Waals surface area contributed by atoms with Crippen LogP contribution in [0.5, 0.6) is 0 Å². The van der Waals surface area contributed by atoms with Crippen molar-refractivity contribution in [3.8, 4) is 0 Å². The molecule has 2 N–H and O–H groups in total. The van der Waals surface area contributed by atoms with E-state index >= 15 is 0 Å². The minimum atomic E-state index is -0.129. The lowest BCUT2D eigenvalue weighted by atomic mass is 9.53. The normalized spacial score (nSPS) is 38.0. The molecule has 1 amide bonds. The van der Waals surface area contributed by atoms with Crippen LogP contribution in [0.15, 0.2) is 0 Å². The van der Waals surface area contributed by atoms with Crippen LogP contribution in [0.2, 0.25) is 0 Å². The summed E-state index contributed by atoms with van der Waals surface area (Å²) in [5.74, 6) is 0.464. The van der Waals surface area contributed by atoms with E-state index < -0.39 is 0 Å². The molecule has 0 aromatic heterocycles. The van der Waals surface area contributed by atoms with Gasteiger partial charge in [-0.05, 0) is 19.3 Å². The van der Waals surface area contributed by atoms with E-state index in [1.807, 2.05) is 0 Å². The number of hydrogen-bond donors (Lipinski definition) is 2. The highest BCUT2D eigenvalue weighted by Crippen LogP contribution is 2.52. The second-order valence-corrected chi connectivity index (χ2v) is 6.50. The standard InChI is InChI=1S/C16H30N2O3/c1-6-16(7-2)13(10(3)14(16)21-5)18-15(19)12-8-11(20-4)9-17-12/h10-14,17H,6-9H2,1-5H3,(H,18,19)/t10-,11+,12-,13-,14-/m1/s1. The maximum Gasteiger partial charge on any atom is 0.237 e. The molecule has 1 saturated carbocycles. The van der Waals surface area contributed by atoms with Gasteiger partial charge in [0.1, 0.15) is 0 Å². The molecule has 1 aliphatic heterocycles. The van der Waals surface area contributed by atoms with E-state index in [2.05, 4.69) is 31.4 Å². The van der Waals surface area contributed by atoms with Crippen LogP contribution >= 0.6 is 0 Å². The molecule has 5 nitrogen and oxygen atoms in total. The number of nitrogens with one attached hydrogen (secondary N) is 2. The minimum absolute atomic E-state index is 0.0725. The van der Waals surface area contributed by atoms with Gasteiger partial charge in [0, 0.05) is 38.1 Å². The smallest absolute Gasteiger partial charge is 0.237 e. The van der Waals surface area contributed by atoms with Crippen molar-refractivity contribution in [3.05, 3.63) is 0 Å². The minimum Gasteiger partial charge on any atom is -0.380 e. The quantitative estimate of drug-likeness (QED) is 0.776. The lowest BCUT2D eigenvalue weighted by Gasteiger charge is -2.59. The molecule has 0 unspecified atom stereocenters. The Kier molecular flexibility index (Phi) is 5.28. The third kappa shape index (κ3) is 2.71. The Balaban J connectivity index is 2.00. The Morgan fingerprint density at radius 1 is 1.29 bits per heavy atom. The lowest BCUT2D eigenvalue weighted by molar-refractivity contribution is -0.172. The van der Waals surface area contributed by atoms with Crippen molar-refractivity contribution in [3.63, 3.8) is 0 Å². The highest BCUT2D eigenvalue weighted by Gasteiger charge is 2.59. The van der Waals surface area contributed by atoms with Gasteiger partial charge in [-0.15, -0.1) is 0 Å². The fourth-order valence-electron chi connectivity index (χ4n) is 4.43. The fourth-order valence-corrected chi connectivity index (χ4v) is 4.43. The predicted octanol–water partition coefficient (Wildman–Crippen LogP) is 1.32. The molecule has 21 heavy (non-hydrogen) atoms. The largest absolute Gasteiger partial charge is 0.380 e. The zero-order valence-electron chi connectivity index (χ0n) is 13.9. The van der Waals surface area contributed by atoms with E-state index in [4.69, 9.17) is 9.47 Å². The Morgan fingerprint density at radius 3 is 2.43 bits per heavy atom. The van der Waals surface area contributed by atoms with Crippen molar-refractivity contribution in [1.29, 1.82) is 0 Å². The molecule has 122 valence electrons. The molecular weight excluding hydrogens is 268 g/mol. The highest BCUT2D eigenvalue weighted by atomic mass is 16.5. The number of hydrogen-bond acceptors (Lipinski definition) is 4. The molecule has 1 aliphatic carbocycles. The number of carbonyl (C=O) groups excluding carboxylic acids is 1. The number of ether oxygens (including phenoxy) is 2.